The average Bonchev–Trinajstić information content (AvgIpc) is 2.48. The van der Waals surface area contributed by atoms with E-state index in [4.69, 9.17) is 4.74 Å². The molecule has 0 N–H and O–H groups in total. The van der Waals surface area contributed by atoms with Crippen LogP contribution in [0.5, 0.6) is 0 Å². The first-order valence-electron chi connectivity index (χ1n) is 3.97. The lowest BCUT2D eigenvalue weighted by molar-refractivity contribution is 0.334. The maximum Gasteiger partial charge on any atom is 0.0903 e. The van der Waals surface area contributed by atoms with Crippen LogP contribution in [-0.2, 0) is 4.74 Å². The third kappa shape index (κ3) is 1.40. The van der Waals surface area contributed by atoms with Crippen LogP contribution >= 0.6 is 0 Å². The first-order chi connectivity index (χ1) is 4.66. The highest BCUT2D eigenvalue weighted by Gasteiger charge is 2.40. The standard InChI is InChI=1S/C9H16O/c1-5-8(6(2)3)9-7(4)10-9/h7-9H,2,5H2,1,3-4H3. The molecule has 1 aliphatic heterocycles. The van der Waals surface area contributed by atoms with Crippen LogP contribution < -0.4 is 0 Å². The predicted octanol–water partition coefficient (Wildman–Crippen LogP) is 2.38. The Kier molecular flexibility index (Phi) is 2.14. The van der Waals surface area contributed by atoms with Gasteiger partial charge in [0.05, 0.1) is 12.2 Å². The Bertz CT molecular complexity index is 140. The highest BCUT2D eigenvalue weighted by molar-refractivity contribution is 5.04. The molecule has 1 fully saturated rings. The van der Waals surface area contributed by atoms with Gasteiger partial charge in [0.2, 0.25) is 0 Å². The summed E-state index contributed by atoms with van der Waals surface area (Å²) in [6.45, 7) is 10.3. The van der Waals surface area contributed by atoms with Gasteiger partial charge >= 0.3 is 0 Å². The van der Waals surface area contributed by atoms with Gasteiger partial charge in [0.1, 0.15) is 0 Å². The summed E-state index contributed by atoms with van der Waals surface area (Å²) in [7, 11) is 0. The molecule has 1 heteroatoms. The molecule has 1 aliphatic rings. The van der Waals surface area contributed by atoms with Crippen LogP contribution in [0.4, 0.5) is 0 Å². The number of epoxide rings is 1. The smallest absolute Gasteiger partial charge is 0.0903 e. The molecule has 3 atom stereocenters. The molecule has 3 unspecified atom stereocenters. The molecule has 0 amide bonds. The van der Waals surface area contributed by atoms with Crippen molar-refractivity contribution >= 4 is 0 Å². The second kappa shape index (κ2) is 2.75. The molecular formula is C9H16O. The molecule has 0 aromatic heterocycles. The van der Waals surface area contributed by atoms with E-state index in [-0.39, 0.29) is 0 Å². The summed E-state index contributed by atoms with van der Waals surface area (Å²) in [5.74, 6) is 0.593. The van der Waals surface area contributed by atoms with Gasteiger partial charge in [0.25, 0.3) is 0 Å². The number of hydrogen-bond acceptors (Lipinski definition) is 1. The van der Waals surface area contributed by atoms with E-state index in [1.54, 1.807) is 0 Å². The molecule has 0 aromatic rings. The van der Waals surface area contributed by atoms with E-state index in [1.807, 2.05) is 0 Å². The minimum absolute atomic E-state index is 0.474. The first-order valence-corrected chi connectivity index (χ1v) is 3.97. The van der Waals surface area contributed by atoms with Gasteiger partial charge in [-0.05, 0) is 20.3 Å². The quantitative estimate of drug-likeness (QED) is 0.433. The highest BCUT2D eigenvalue weighted by Crippen LogP contribution is 2.34. The zero-order valence-electron chi connectivity index (χ0n) is 7.05. The van der Waals surface area contributed by atoms with Crippen molar-refractivity contribution in [1.29, 1.82) is 0 Å². The summed E-state index contributed by atoms with van der Waals surface area (Å²) in [6.07, 6.45) is 2.11. The Morgan fingerprint density at radius 1 is 1.70 bits per heavy atom. The van der Waals surface area contributed by atoms with E-state index in [2.05, 4.69) is 27.4 Å². The highest BCUT2D eigenvalue weighted by atomic mass is 16.6. The topological polar surface area (TPSA) is 12.5 Å². The Morgan fingerprint density at radius 3 is 2.30 bits per heavy atom. The maximum atomic E-state index is 5.37. The molecule has 10 heavy (non-hydrogen) atoms. The predicted molar refractivity (Wildman–Crippen MR) is 42.9 cm³/mol. The van der Waals surface area contributed by atoms with E-state index in [0.717, 1.165) is 6.42 Å². The Hall–Kier alpha value is -0.300. The van der Waals surface area contributed by atoms with Gasteiger partial charge in [-0.2, -0.15) is 0 Å². The Morgan fingerprint density at radius 2 is 2.20 bits per heavy atom. The lowest BCUT2D eigenvalue weighted by Crippen LogP contribution is -2.09. The minimum Gasteiger partial charge on any atom is -0.369 e. The summed E-state index contributed by atoms with van der Waals surface area (Å²) in [6, 6.07) is 0. The van der Waals surface area contributed by atoms with Crippen molar-refractivity contribution in [3.63, 3.8) is 0 Å². The summed E-state index contributed by atoms with van der Waals surface area (Å²) < 4.78 is 5.37. The van der Waals surface area contributed by atoms with Crippen LogP contribution in [0, 0.1) is 5.92 Å². The maximum absolute atomic E-state index is 5.37. The molecule has 0 spiro atoms. The normalized spacial score (nSPS) is 33.5. The van der Waals surface area contributed by atoms with Crippen LogP contribution in [0.1, 0.15) is 27.2 Å². The fourth-order valence-electron chi connectivity index (χ4n) is 1.49. The van der Waals surface area contributed by atoms with Crippen molar-refractivity contribution in [2.45, 2.75) is 39.4 Å². The molecule has 0 saturated carbocycles. The van der Waals surface area contributed by atoms with E-state index in [9.17, 15) is 0 Å². The molecule has 58 valence electrons. The van der Waals surface area contributed by atoms with Gasteiger partial charge in [-0.1, -0.05) is 19.1 Å². The molecule has 0 aromatic carbocycles. The summed E-state index contributed by atoms with van der Waals surface area (Å²) >= 11 is 0. The van der Waals surface area contributed by atoms with Crippen LogP contribution in [0.25, 0.3) is 0 Å². The van der Waals surface area contributed by atoms with Gasteiger partial charge in [0, 0.05) is 5.92 Å². The first kappa shape index (κ1) is 7.80. The molecule has 1 nitrogen and oxygen atoms in total. The molecule has 1 rings (SSSR count). The number of hydrogen-bond donors (Lipinski definition) is 0. The number of rotatable bonds is 3. The SMILES string of the molecule is C=C(C)C(CC)C1OC1C. The van der Waals surface area contributed by atoms with Crippen molar-refractivity contribution < 1.29 is 4.74 Å². The lowest BCUT2D eigenvalue weighted by atomic mass is 9.94. The van der Waals surface area contributed by atoms with Gasteiger partial charge in [-0.25, -0.2) is 0 Å². The van der Waals surface area contributed by atoms with Crippen molar-refractivity contribution in [3.8, 4) is 0 Å². The largest absolute Gasteiger partial charge is 0.369 e. The van der Waals surface area contributed by atoms with Crippen molar-refractivity contribution in [3.05, 3.63) is 12.2 Å². The van der Waals surface area contributed by atoms with E-state index in [0.29, 0.717) is 18.1 Å². The van der Waals surface area contributed by atoms with Gasteiger partial charge in [0.15, 0.2) is 0 Å². The monoisotopic (exact) mass is 140 g/mol. The van der Waals surface area contributed by atoms with E-state index < -0.39 is 0 Å². The molecule has 0 radical (unpaired) electrons. The summed E-state index contributed by atoms with van der Waals surface area (Å²) in [5.41, 5.74) is 1.26. The van der Waals surface area contributed by atoms with Crippen molar-refractivity contribution in [2.75, 3.05) is 0 Å². The lowest BCUT2D eigenvalue weighted by Gasteiger charge is -2.10. The average molecular weight is 140 g/mol. The van der Waals surface area contributed by atoms with Crippen LogP contribution in [-0.4, -0.2) is 12.2 Å². The molecule has 1 saturated heterocycles. The summed E-state index contributed by atoms with van der Waals surface area (Å²) in [4.78, 5) is 0. The fourth-order valence-corrected chi connectivity index (χ4v) is 1.49. The molecule has 1 heterocycles. The fraction of sp³-hybridized carbons (Fsp3) is 0.778. The van der Waals surface area contributed by atoms with Crippen molar-refractivity contribution in [1.82, 2.24) is 0 Å². The van der Waals surface area contributed by atoms with E-state index >= 15 is 0 Å². The second-order valence-electron chi connectivity index (χ2n) is 3.17. The minimum atomic E-state index is 0.474. The Balaban J connectivity index is 2.42. The van der Waals surface area contributed by atoms with Crippen LogP contribution in [0.2, 0.25) is 0 Å². The molecular weight excluding hydrogens is 124 g/mol. The molecule has 0 aliphatic carbocycles. The van der Waals surface area contributed by atoms with Crippen molar-refractivity contribution in [2.24, 2.45) is 5.92 Å². The molecule has 0 bridgehead atoms. The van der Waals surface area contributed by atoms with Gasteiger partial charge in [-0.15, -0.1) is 0 Å². The van der Waals surface area contributed by atoms with Gasteiger partial charge < -0.3 is 4.74 Å². The Labute approximate surface area is 63.1 Å². The third-order valence-corrected chi connectivity index (χ3v) is 2.23. The zero-order chi connectivity index (χ0) is 7.72. The van der Waals surface area contributed by atoms with E-state index in [1.165, 1.54) is 5.57 Å². The zero-order valence-corrected chi connectivity index (χ0v) is 7.05. The number of ether oxygens (including phenoxy) is 1. The summed E-state index contributed by atoms with van der Waals surface area (Å²) in [5, 5.41) is 0. The van der Waals surface area contributed by atoms with Crippen LogP contribution in [0.3, 0.4) is 0 Å². The second-order valence-corrected chi connectivity index (χ2v) is 3.17. The van der Waals surface area contributed by atoms with Gasteiger partial charge in [-0.3, -0.25) is 0 Å². The van der Waals surface area contributed by atoms with Crippen LogP contribution in [0.15, 0.2) is 12.2 Å². The third-order valence-electron chi connectivity index (χ3n) is 2.23.